The maximum atomic E-state index is 10.6. The zero-order chi connectivity index (χ0) is 10.8. The first-order valence-electron chi connectivity index (χ1n) is 4.23. The van der Waals surface area contributed by atoms with Crippen LogP contribution in [0.1, 0.15) is 12.8 Å². The van der Waals surface area contributed by atoms with E-state index in [2.05, 4.69) is 9.47 Å². The molecule has 6 heteroatoms. The van der Waals surface area contributed by atoms with Crippen LogP contribution < -0.4 is 0 Å². The summed E-state index contributed by atoms with van der Waals surface area (Å²) in [6, 6.07) is 0. The highest BCUT2D eigenvalue weighted by atomic mass is 16.6. The highest BCUT2D eigenvalue weighted by Crippen LogP contribution is 1.99. The van der Waals surface area contributed by atoms with Crippen LogP contribution in [0.2, 0.25) is 0 Å². The summed E-state index contributed by atoms with van der Waals surface area (Å²) in [5, 5.41) is 15.2. The third-order valence-electron chi connectivity index (χ3n) is 1.24. The first-order valence-corrected chi connectivity index (χ1v) is 4.23. The Morgan fingerprint density at radius 1 is 0.929 bits per heavy atom. The van der Waals surface area contributed by atoms with Gasteiger partial charge in [0, 0.05) is 0 Å². The monoisotopic (exact) mass is 206 g/mol. The number of cyclic esters (lactones) is 2. The zero-order valence-corrected chi connectivity index (χ0v) is 7.77. The van der Waals surface area contributed by atoms with Crippen molar-refractivity contribution in [2.24, 2.45) is 0 Å². The lowest BCUT2D eigenvalue weighted by molar-refractivity contribution is -0.158. The fourth-order valence-electron chi connectivity index (χ4n) is 0.659. The quantitative estimate of drug-likeness (QED) is 0.525. The number of ether oxygens (including phenoxy) is 2. The molecule has 0 spiro atoms. The molecule has 1 rings (SSSR count). The van der Waals surface area contributed by atoms with Gasteiger partial charge in [0.15, 0.2) is 0 Å². The fraction of sp³-hybridized carbons (Fsp3) is 0.750. The van der Waals surface area contributed by atoms with Gasteiger partial charge in [0.25, 0.3) is 0 Å². The highest BCUT2D eigenvalue weighted by Gasteiger charge is 2.12. The Morgan fingerprint density at radius 2 is 1.29 bits per heavy atom. The Morgan fingerprint density at radius 3 is 1.57 bits per heavy atom. The topological polar surface area (TPSA) is 93.1 Å². The summed E-state index contributed by atoms with van der Waals surface area (Å²) in [7, 11) is 0. The first kappa shape index (κ1) is 12.9. The van der Waals surface area contributed by atoms with Gasteiger partial charge in [-0.15, -0.1) is 0 Å². The third kappa shape index (κ3) is 7.51. The number of esters is 2. The Bertz CT molecular complexity index is 159. The van der Waals surface area contributed by atoms with Crippen LogP contribution in [0.5, 0.6) is 0 Å². The maximum Gasteiger partial charge on any atom is 0.306 e. The second kappa shape index (κ2) is 8.46. The molecule has 0 aromatic rings. The largest absolute Gasteiger partial charge is 0.462 e. The molecule has 1 fully saturated rings. The van der Waals surface area contributed by atoms with Gasteiger partial charge in [-0.05, 0) is 0 Å². The molecule has 0 atom stereocenters. The summed E-state index contributed by atoms with van der Waals surface area (Å²) < 4.78 is 9.23. The van der Waals surface area contributed by atoms with Crippen LogP contribution in [-0.4, -0.2) is 48.6 Å². The van der Waals surface area contributed by atoms with E-state index in [0.29, 0.717) is 0 Å². The molecule has 0 aromatic carbocycles. The van der Waals surface area contributed by atoms with E-state index in [1.807, 2.05) is 0 Å². The molecule has 0 radical (unpaired) electrons. The normalized spacial score (nSPS) is 16.7. The molecule has 6 nitrogen and oxygen atoms in total. The molecule has 1 saturated heterocycles. The Kier molecular flexibility index (Phi) is 7.77. The van der Waals surface area contributed by atoms with E-state index < -0.39 is 0 Å². The summed E-state index contributed by atoms with van der Waals surface area (Å²) in [5.41, 5.74) is 0. The molecule has 2 N–H and O–H groups in total. The molecule has 14 heavy (non-hydrogen) atoms. The minimum atomic E-state index is -0.323. The smallest absolute Gasteiger partial charge is 0.306 e. The summed E-state index contributed by atoms with van der Waals surface area (Å²) in [6.45, 7) is 0.120. The van der Waals surface area contributed by atoms with E-state index in [0.717, 1.165) is 0 Å². The average Bonchev–Trinajstić information content (AvgIpc) is 2.19. The van der Waals surface area contributed by atoms with Crippen LogP contribution in [0.4, 0.5) is 0 Å². The summed E-state index contributed by atoms with van der Waals surface area (Å²) in [6.07, 6.45) is 0.275. The molecule has 0 aromatic heterocycles. The van der Waals surface area contributed by atoms with Crippen molar-refractivity contribution in [3.63, 3.8) is 0 Å². The molecular weight excluding hydrogens is 192 g/mol. The average molecular weight is 206 g/mol. The fourth-order valence-corrected chi connectivity index (χ4v) is 0.659. The summed E-state index contributed by atoms with van der Waals surface area (Å²) in [4.78, 5) is 21.1. The van der Waals surface area contributed by atoms with Gasteiger partial charge in [-0.3, -0.25) is 9.59 Å². The van der Waals surface area contributed by atoms with Gasteiger partial charge in [0.2, 0.25) is 0 Å². The molecule has 1 aliphatic heterocycles. The van der Waals surface area contributed by atoms with E-state index >= 15 is 0 Å². The second-order valence-electron chi connectivity index (χ2n) is 2.39. The number of aliphatic hydroxyl groups excluding tert-OH is 2. The SMILES string of the molecule is O=C1CCC(=O)OCCO1.OCCO. The molecule has 0 aliphatic carbocycles. The maximum absolute atomic E-state index is 10.6. The van der Waals surface area contributed by atoms with Crippen LogP contribution >= 0.6 is 0 Å². The number of aliphatic hydroxyl groups is 2. The van der Waals surface area contributed by atoms with E-state index in [1.165, 1.54) is 0 Å². The van der Waals surface area contributed by atoms with Crippen molar-refractivity contribution in [2.75, 3.05) is 26.4 Å². The van der Waals surface area contributed by atoms with E-state index in [1.54, 1.807) is 0 Å². The van der Waals surface area contributed by atoms with Crippen molar-refractivity contribution in [3.8, 4) is 0 Å². The van der Waals surface area contributed by atoms with Crippen molar-refractivity contribution in [2.45, 2.75) is 12.8 Å². The van der Waals surface area contributed by atoms with Crippen molar-refractivity contribution in [1.29, 1.82) is 0 Å². The Hall–Kier alpha value is -1.14. The van der Waals surface area contributed by atoms with Crippen LogP contribution in [-0.2, 0) is 19.1 Å². The number of rotatable bonds is 1. The molecule has 1 heterocycles. The van der Waals surface area contributed by atoms with E-state index in [-0.39, 0.29) is 51.2 Å². The molecule has 0 amide bonds. The van der Waals surface area contributed by atoms with Crippen LogP contribution in [0.15, 0.2) is 0 Å². The van der Waals surface area contributed by atoms with Crippen molar-refractivity contribution in [1.82, 2.24) is 0 Å². The van der Waals surface area contributed by atoms with Gasteiger partial charge in [0.1, 0.15) is 13.2 Å². The zero-order valence-electron chi connectivity index (χ0n) is 7.77. The molecule has 1 aliphatic rings. The second-order valence-corrected chi connectivity index (χ2v) is 2.39. The predicted molar refractivity (Wildman–Crippen MR) is 45.3 cm³/mol. The van der Waals surface area contributed by atoms with E-state index in [4.69, 9.17) is 10.2 Å². The van der Waals surface area contributed by atoms with Gasteiger partial charge in [-0.2, -0.15) is 0 Å². The number of carbonyl (C=O) groups is 2. The van der Waals surface area contributed by atoms with Crippen LogP contribution in [0.25, 0.3) is 0 Å². The standard InChI is InChI=1S/C6H8O4.C2H6O2/c7-5-1-2-6(8)10-4-3-9-5;3-1-2-4/h1-4H2;3-4H,1-2H2. The highest BCUT2D eigenvalue weighted by molar-refractivity contribution is 5.78. The molecule has 82 valence electrons. The van der Waals surface area contributed by atoms with Crippen LogP contribution in [0, 0.1) is 0 Å². The number of hydrogen-bond donors (Lipinski definition) is 2. The van der Waals surface area contributed by atoms with Crippen molar-refractivity contribution < 1.29 is 29.3 Å². The van der Waals surface area contributed by atoms with E-state index in [9.17, 15) is 9.59 Å². The lowest BCUT2D eigenvalue weighted by Gasteiger charge is -2.09. The lowest BCUT2D eigenvalue weighted by atomic mass is 10.3. The number of carbonyl (C=O) groups excluding carboxylic acids is 2. The van der Waals surface area contributed by atoms with Gasteiger partial charge < -0.3 is 19.7 Å². The summed E-state index contributed by atoms with van der Waals surface area (Å²) >= 11 is 0. The number of hydrogen-bond acceptors (Lipinski definition) is 6. The van der Waals surface area contributed by atoms with Gasteiger partial charge in [0.05, 0.1) is 26.1 Å². The first-order chi connectivity index (χ1) is 6.70. The Labute approximate surface area is 81.4 Å². The van der Waals surface area contributed by atoms with Crippen molar-refractivity contribution >= 4 is 11.9 Å². The summed E-state index contributed by atoms with van der Waals surface area (Å²) in [5.74, 6) is -0.645. The lowest BCUT2D eigenvalue weighted by Crippen LogP contribution is -2.18. The van der Waals surface area contributed by atoms with Crippen LogP contribution in [0.3, 0.4) is 0 Å². The molecule has 0 saturated carbocycles. The minimum Gasteiger partial charge on any atom is -0.462 e. The van der Waals surface area contributed by atoms with Gasteiger partial charge in [-0.25, -0.2) is 0 Å². The van der Waals surface area contributed by atoms with Gasteiger partial charge in [-0.1, -0.05) is 0 Å². The van der Waals surface area contributed by atoms with Crippen molar-refractivity contribution in [3.05, 3.63) is 0 Å². The Balaban J connectivity index is 0.000000364. The predicted octanol–water partition coefficient (Wildman–Crippen LogP) is -1.16. The molecular formula is C8H14O6. The third-order valence-corrected chi connectivity index (χ3v) is 1.24. The minimum absolute atomic E-state index is 0.125. The molecule has 0 unspecified atom stereocenters. The van der Waals surface area contributed by atoms with Gasteiger partial charge >= 0.3 is 11.9 Å². The molecule has 0 bridgehead atoms.